The summed E-state index contributed by atoms with van der Waals surface area (Å²) < 4.78 is 2.07. The van der Waals surface area contributed by atoms with Crippen molar-refractivity contribution < 1.29 is 0 Å². The van der Waals surface area contributed by atoms with Crippen LogP contribution in [-0.4, -0.2) is 33.5 Å². The molecule has 0 unspecified atom stereocenters. The standard InChI is InChI=1S/C17H18N4/c1-20(2)13-14-3-5-15(6-4-14)17-19-11-12-21(17)16-7-9-18-10-8-16/h3-12H,13H2,1-2H3. The lowest BCUT2D eigenvalue weighted by Gasteiger charge is -2.11. The van der Waals surface area contributed by atoms with E-state index in [1.54, 1.807) is 12.4 Å². The first-order valence-electron chi connectivity index (χ1n) is 6.92. The SMILES string of the molecule is CN(C)Cc1ccc(-c2nccn2-c2ccncc2)cc1. The highest BCUT2D eigenvalue weighted by atomic mass is 15.1. The first-order valence-corrected chi connectivity index (χ1v) is 6.92. The number of hydrogen-bond donors (Lipinski definition) is 0. The minimum atomic E-state index is 0.942. The lowest BCUT2D eigenvalue weighted by Crippen LogP contribution is -2.10. The van der Waals surface area contributed by atoms with E-state index in [0.29, 0.717) is 0 Å². The molecule has 3 aromatic rings. The summed E-state index contributed by atoms with van der Waals surface area (Å²) in [6.45, 7) is 0.944. The molecule has 0 saturated heterocycles. The molecule has 0 fully saturated rings. The number of pyridine rings is 1. The van der Waals surface area contributed by atoms with Gasteiger partial charge in [-0.05, 0) is 31.8 Å². The molecule has 0 aliphatic heterocycles. The average molecular weight is 278 g/mol. The minimum absolute atomic E-state index is 0.942. The van der Waals surface area contributed by atoms with E-state index in [2.05, 4.69) is 57.8 Å². The second-order valence-electron chi connectivity index (χ2n) is 5.26. The van der Waals surface area contributed by atoms with Crippen molar-refractivity contribution in [1.29, 1.82) is 0 Å². The van der Waals surface area contributed by atoms with Crippen LogP contribution in [0.25, 0.3) is 17.1 Å². The van der Waals surface area contributed by atoms with Gasteiger partial charge >= 0.3 is 0 Å². The summed E-state index contributed by atoms with van der Waals surface area (Å²) in [5.41, 5.74) is 3.47. The maximum Gasteiger partial charge on any atom is 0.144 e. The van der Waals surface area contributed by atoms with Crippen molar-refractivity contribution in [3.05, 3.63) is 66.7 Å². The summed E-state index contributed by atoms with van der Waals surface area (Å²) in [5.74, 6) is 0.942. The summed E-state index contributed by atoms with van der Waals surface area (Å²) in [6, 6.07) is 12.5. The van der Waals surface area contributed by atoms with Gasteiger partial charge < -0.3 is 4.90 Å². The summed E-state index contributed by atoms with van der Waals surface area (Å²) in [4.78, 5) is 10.7. The molecule has 0 N–H and O–H groups in total. The summed E-state index contributed by atoms with van der Waals surface area (Å²) in [6.07, 6.45) is 7.38. The van der Waals surface area contributed by atoms with Crippen molar-refractivity contribution in [2.75, 3.05) is 14.1 Å². The van der Waals surface area contributed by atoms with Crippen LogP contribution in [0.3, 0.4) is 0 Å². The first kappa shape index (κ1) is 13.5. The van der Waals surface area contributed by atoms with Gasteiger partial charge in [-0.1, -0.05) is 24.3 Å². The maximum absolute atomic E-state index is 4.49. The molecule has 0 spiro atoms. The van der Waals surface area contributed by atoms with Gasteiger partial charge in [-0.15, -0.1) is 0 Å². The van der Waals surface area contributed by atoms with Crippen LogP contribution in [0.1, 0.15) is 5.56 Å². The fourth-order valence-electron chi connectivity index (χ4n) is 2.35. The Morgan fingerprint density at radius 2 is 1.67 bits per heavy atom. The zero-order chi connectivity index (χ0) is 14.7. The van der Waals surface area contributed by atoms with Crippen LogP contribution in [-0.2, 0) is 6.54 Å². The number of hydrogen-bond acceptors (Lipinski definition) is 3. The Morgan fingerprint density at radius 1 is 0.952 bits per heavy atom. The molecule has 0 atom stereocenters. The van der Waals surface area contributed by atoms with E-state index in [9.17, 15) is 0 Å². The highest BCUT2D eigenvalue weighted by Gasteiger charge is 2.07. The molecule has 0 bridgehead atoms. The number of nitrogens with zero attached hydrogens (tertiary/aromatic N) is 4. The number of imidazole rings is 1. The van der Waals surface area contributed by atoms with E-state index < -0.39 is 0 Å². The maximum atomic E-state index is 4.49. The summed E-state index contributed by atoms with van der Waals surface area (Å²) >= 11 is 0. The van der Waals surface area contributed by atoms with Crippen molar-refractivity contribution in [3.8, 4) is 17.1 Å². The molecule has 0 radical (unpaired) electrons. The van der Waals surface area contributed by atoms with E-state index in [1.807, 2.05) is 24.5 Å². The molecule has 0 saturated carbocycles. The Labute approximate surface area is 124 Å². The molecule has 2 aromatic heterocycles. The van der Waals surface area contributed by atoms with Crippen LogP contribution in [0.15, 0.2) is 61.2 Å². The van der Waals surface area contributed by atoms with Crippen molar-refractivity contribution >= 4 is 0 Å². The van der Waals surface area contributed by atoms with Crippen LogP contribution in [0.2, 0.25) is 0 Å². The minimum Gasteiger partial charge on any atom is -0.305 e. The molecule has 0 aliphatic rings. The first-order chi connectivity index (χ1) is 10.2. The highest BCUT2D eigenvalue weighted by molar-refractivity contribution is 5.59. The van der Waals surface area contributed by atoms with Gasteiger partial charge in [0.1, 0.15) is 5.82 Å². The Balaban J connectivity index is 1.93. The molecular formula is C17H18N4. The lowest BCUT2D eigenvalue weighted by molar-refractivity contribution is 0.402. The molecule has 4 nitrogen and oxygen atoms in total. The Hall–Kier alpha value is -2.46. The average Bonchev–Trinajstić information content (AvgIpc) is 2.98. The van der Waals surface area contributed by atoms with Crippen molar-refractivity contribution in [3.63, 3.8) is 0 Å². The molecule has 0 aliphatic carbocycles. The third-order valence-corrected chi connectivity index (χ3v) is 3.29. The van der Waals surface area contributed by atoms with Crippen molar-refractivity contribution in [1.82, 2.24) is 19.4 Å². The van der Waals surface area contributed by atoms with Crippen LogP contribution in [0.4, 0.5) is 0 Å². The topological polar surface area (TPSA) is 34.0 Å². The Bertz CT molecular complexity index is 699. The zero-order valence-electron chi connectivity index (χ0n) is 12.3. The van der Waals surface area contributed by atoms with Crippen LogP contribution < -0.4 is 0 Å². The largest absolute Gasteiger partial charge is 0.305 e. The molecule has 21 heavy (non-hydrogen) atoms. The third kappa shape index (κ3) is 3.01. The van der Waals surface area contributed by atoms with E-state index in [1.165, 1.54) is 5.56 Å². The fourth-order valence-corrected chi connectivity index (χ4v) is 2.35. The zero-order valence-corrected chi connectivity index (χ0v) is 12.3. The summed E-state index contributed by atoms with van der Waals surface area (Å²) in [7, 11) is 4.15. The van der Waals surface area contributed by atoms with Crippen molar-refractivity contribution in [2.24, 2.45) is 0 Å². The van der Waals surface area contributed by atoms with E-state index >= 15 is 0 Å². The second-order valence-corrected chi connectivity index (χ2v) is 5.26. The molecule has 2 heterocycles. The number of aromatic nitrogens is 3. The molecule has 1 aromatic carbocycles. The number of benzene rings is 1. The van der Waals surface area contributed by atoms with E-state index in [0.717, 1.165) is 23.6 Å². The van der Waals surface area contributed by atoms with Crippen LogP contribution in [0, 0.1) is 0 Å². The molecule has 0 amide bonds. The predicted molar refractivity (Wildman–Crippen MR) is 84.2 cm³/mol. The highest BCUT2D eigenvalue weighted by Crippen LogP contribution is 2.21. The quantitative estimate of drug-likeness (QED) is 0.735. The van der Waals surface area contributed by atoms with E-state index in [-0.39, 0.29) is 0 Å². The Kier molecular flexibility index (Phi) is 3.79. The Morgan fingerprint density at radius 3 is 2.33 bits per heavy atom. The van der Waals surface area contributed by atoms with E-state index in [4.69, 9.17) is 0 Å². The smallest absolute Gasteiger partial charge is 0.144 e. The van der Waals surface area contributed by atoms with Crippen LogP contribution in [0.5, 0.6) is 0 Å². The van der Waals surface area contributed by atoms with Gasteiger partial charge in [0.25, 0.3) is 0 Å². The van der Waals surface area contributed by atoms with Gasteiger partial charge in [-0.2, -0.15) is 0 Å². The fraction of sp³-hybridized carbons (Fsp3) is 0.176. The molecule has 4 heteroatoms. The third-order valence-electron chi connectivity index (χ3n) is 3.29. The van der Waals surface area contributed by atoms with Gasteiger partial charge in [0, 0.05) is 36.9 Å². The molecular weight excluding hydrogens is 260 g/mol. The van der Waals surface area contributed by atoms with Gasteiger partial charge in [-0.25, -0.2) is 4.98 Å². The normalized spacial score (nSPS) is 11.0. The second kappa shape index (κ2) is 5.89. The van der Waals surface area contributed by atoms with Gasteiger partial charge in [0.15, 0.2) is 0 Å². The van der Waals surface area contributed by atoms with Gasteiger partial charge in [0.2, 0.25) is 0 Å². The summed E-state index contributed by atoms with van der Waals surface area (Å²) in [5, 5.41) is 0. The van der Waals surface area contributed by atoms with Crippen LogP contribution >= 0.6 is 0 Å². The predicted octanol–water partition coefficient (Wildman–Crippen LogP) is 3.00. The molecule has 106 valence electrons. The van der Waals surface area contributed by atoms with Gasteiger partial charge in [-0.3, -0.25) is 9.55 Å². The number of rotatable bonds is 4. The van der Waals surface area contributed by atoms with Crippen molar-refractivity contribution in [2.45, 2.75) is 6.54 Å². The van der Waals surface area contributed by atoms with Gasteiger partial charge in [0.05, 0.1) is 5.69 Å². The monoisotopic (exact) mass is 278 g/mol. The molecule has 3 rings (SSSR count). The lowest BCUT2D eigenvalue weighted by atomic mass is 10.1.